The molecule has 1 aromatic rings. The van der Waals surface area contributed by atoms with E-state index in [1.165, 1.54) is 12.3 Å². The zero-order valence-corrected chi connectivity index (χ0v) is 13.1. The van der Waals surface area contributed by atoms with E-state index in [0.717, 1.165) is 5.69 Å². The Morgan fingerprint density at radius 3 is 2.32 bits per heavy atom. The first-order valence-corrected chi connectivity index (χ1v) is 7.23. The Balaban J connectivity index is 1.90. The highest BCUT2D eigenvalue weighted by Gasteiger charge is 2.26. The highest BCUT2D eigenvalue weighted by molar-refractivity contribution is 5.68. The fraction of sp³-hybridized carbons (Fsp3) is 0.600. The molecule has 5 nitrogen and oxygen atoms in total. The number of aromatic nitrogens is 1. The van der Waals surface area contributed by atoms with Crippen molar-refractivity contribution < 1.29 is 18.3 Å². The molecule has 7 heteroatoms. The van der Waals surface area contributed by atoms with Crippen molar-refractivity contribution in [1.82, 2.24) is 9.88 Å². The van der Waals surface area contributed by atoms with Gasteiger partial charge in [0.25, 0.3) is 6.43 Å². The van der Waals surface area contributed by atoms with E-state index >= 15 is 0 Å². The summed E-state index contributed by atoms with van der Waals surface area (Å²) in [6.45, 7) is 7.80. The summed E-state index contributed by atoms with van der Waals surface area (Å²) in [7, 11) is 0. The molecule has 1 aliphatic rings. The lowest BCUT2D eigenvalue weighted by molar-refractivity contribution is 0.0240. The van der Waals surface area contributed by atoms with Gasteiger partial charge in [0.2, 0.25) is 0 Å². The Morgan fingerprint density at radius 1 is 1.23 bits per heavy atom. The molecule has 0 radical (unpaired) electrons. The maximum absolute atomic E-state index is 12.5. The minimum atomic E-state index is -2.56. The summed E-state index contributed by atoms with van der Waals surface area (Å²) in [4.78, 5) is 19.4. The number of hydrogen-bond acceptors (Lipinski definition) is 4. The van der Waals surface area contributed by atoms with Crippen molar-refractivity contribution in [1.29, 1.82) is 0 Å². The minimum absolute atomic E-state index is 0.226. The molecule has 2 heterocycles. The van der Waals surface area contributed by atoms with Crippen molar-refractivity contribution in [2.24, 2.45) is 0 Å². The van der Waals surface area contributed by atoms with E-state index in [4.69, 9.17) is 4.74 Å². The first-order chi connectivity index (χ1) is 10.3. The van der Waals surface area contributed by atoms with Crippen LogP contribution in [0.5, 0.6) is 0 Å². The normalized spacial score (nSPS) is 16.1. The number of amides is 1. The molecule has 0 aromatic carbocycles. The van der Waals surface area contributed by atoms with Gasteiger partial charge in [-0.2, -0.15) is 0 Å². The van der Waals surface area contributed by atoms with Gasteiger partial charge in [-0.15, -0.1) is 0 Å². The molecule has 1 aliphatic heterocycles. The fourth-order valence-electron chi connectivity index (χ4n) is 2.19. The van der Waals surface area contributed by atoms with Crippen LogP contribution in [-0.4, -0.2) is 47.8 Å². The number of nitrogens with zero attached hydrogens (tertiary/aromatic N) is 3. The van der Waals surface area contributed by atoms with Gasteiger partial charge in [0.15, 0.2) is 0 Å². The average Bonchev–Trinajstić information content (AvgIpc) is 2.46. The van der Waals surface area contributed by atoms with Gasteiger partial charge in [0.05, 0.1) is 11.9 Å². The topological polar surface area (TPSA) is 45.7 Å². The molecule has 1 amide bonds. The first kappa shape index (κ1) is 16.5. The number of halogens is 2. The third-order valence-electron chi connectivity index (χ3n) is 3.29. The third kappa shape index (κ3) is 4.29. The Hall–Kier alpha value is -1.92. The monoisotopic (exact) mass is 313 g/mol. The summed E-state index contributed by atoms with van der Waals surface area (Å²) in [6, 6.07) is 2.97. The van der Waals surface area contributed by atoms with E-state index < -0.39 is 12.0 Å². The molecule has 0 atom stereocenters. The molecule has 0 aliphatic carbocycles. The number of carbonyl (C=O) groups is 1. The van der Waals surface area contributed by atoms with Crippen molar-refractivity contribution >= 4 is 11.8 Å². The second kappa shape index (κ2) is 6.46. The predicted octanol–water partition coefficient (Wildman–Crippen LogP) is 3.08. The van der Waals surface area contributed by atoms with E-state index in [9.17, 15) is 13.6 Å². The zero-order valence-electron chi connectivity index (χ0n) is 13.1. The van der Waals surface area contributed by atoms with Crippen LogP contribution in [-0.2, 0) is 4.74 Å². The summed E-state index contributed by atoms with van der Waals surface area (Å²) < 4.78 is 30.3. The summed E-state index contributed by atoms with van der Waals surface area (Å²) in [5.74, 6) is 0. The van der Waals surface area contributed by atoms with E-state index in [1.54, 1.807) is 11.0 Å². The Bertz CT molecular complexity index is 507. The predicted molar refractivity (Wildman–Crippen MR) is 79.2 cm³/mol. The number of anilines is 1. The molecule has 1 fully saturated rings. The molecule has 1 aromatic heterocycles. The Kier molecular flexibility index (Phi) is 4.83. The fourth-order valence-corrected chi connectivity index (χ4v) is 2.19. The number of rotatable bonds is 2. The summed E-state index contributed by atoms with van der Waals surface area (Å²) >= 11 is 0. The molecule has 0 bridgehead atoms. The Labute approximate surface area is 128 Å². The van der Waals surface area contributed by atoms with Crippen molar-refractivity contribution in [3.05, 3.63) is 24.0 Å². The maximum atomic E-state index is 12.5. The minimum Gasteiger partial charge on any atom is -0.444 e. The van der Waals surface area contributed by atoms with Gasteiger partial charge in [0.1, 0.15) is 11.3 Å². The number of piperazine rings is 1. The number of hydrogen-bond donors (Lipinski definition) is 0. The lowest BCUT2D eigenvalue weighted by Gasteiger charge is -2.36. The number of pyridine rings is 1. The molecule has 1 saturated heterocycles. The van der Waals surface area contributed by atoms with Crippen molar-refractivity contribution in [2.75, 3.05) is 31.1 Å². The van der Waals surface area contributed by atoms with Crippen LogP contribution >= 0.6 is 0 Å². The third-order valence-corrected chi connectivity index (χ3v) is 3.29. The molecule has 2 rings (SSSR count). The molecule has 0 spiro atoms. The van der Waals surface area contributed by atoms with Gasteiger partial charge in [-0.25, -0.2) is 13.6 Å². The van der Waals surface area contributed by atoms with E-state index in [1.807, 2.05) is 25.7 Å². The van der Waals surface area contributed by atoms with E-state index in [-0.39, 0.29) is 11.8 Å². The SMILES string of the molecule is CC(C)(C)OC(=O)N1CCN(c2ccc(C(F)F)nc2)CC1. The standard InChI is InChI=1S/C15H21F2N3O2/c1-15(2,3)22-14(21)20-8-6-19(7-9-20)11-4-5-12(13(16)17)18-10-11/h4-5,10,13H,6-9H2,1-3H3. The molecule has 122 valence electrons. The lowest BCUT2D eigenvalue weighted by Crippen LogP contribution is -2.50. The van der Waals surface area contributed by atoms with Crippen LogP contribution in [0.25, 0.3) is 0 Å². The lowest BCUT2D eigenvalue weighted by atomic mass is 10.2. The van der Waals surface area contributed by atoms with Crippen LogP contribution in [0.2, 0.25) is 0 Å². The van der Waals surface area contributed by atoms with Crippen LogP contribution in [0.15, 0.2) is 18.3 Å². The molecule has 0 unspecified atom stereocenters. The molecular weight excluding hydrogens is 292 g/mol. The largest absolute Gasteiger partial charge is 0.444 e. The molecule has 0 N–H and O–H groups in total. The summed E-state index contributed by atoms with van der Waals surface area (Å²) in [6.07, 6.45) is -1.43. The number of ether oxygens (including phenoxy) is 1. The van der Waals surface area contributed by atoms with Gasteiger partial charge in [-0.3, -0.25) is 4.98 Å². The van der Waals surface area contributed by atoms with Crippen LogP contribution in [0, 0.1) is 0 Å². The van der Waals surface area contributed by atoms with Crippen LogP contribution in [0.3, 0.4) is 0 Å². The summed E-state index contributed by atoms with van der Waals surface area (Å²) in [5, 5.41) is 0. The highest BCUT2D eigenvalue weighted by Crippen LogP contribution is 2.21. The van der Waals surface area contributed by atoms with Gasteiger partial charge >= 0.3 is 6.09 Å². The van der Waals surface area contributed by atoms with Gasteiger partial charge in [-0.05, 0) is 32.9 Å². The number of alkyl halides is 2. The second-order valence-electron chi connectivity index (χ2n) is 6.20. The van der Waals surface area contributed by atoms with Crippen molar-refractivity contribution in [3.8, 4) is 0 Å². The van der Waals surface area contributed by atoms with Crippen molar-refractivity contribution in [3.63, 3.8) is 0 Å². The molecule has 0 saturated carbocycles. The zero-order chi connectivity index (χ0) is 16.3. The highest BCUT2D eigenvalue weighted by atomic mass is 19.3. The van der Waals surface area contributed by atoms with Gasteiger partial charge < -0.3 is 14.5 Å². The molecular formula is C15H21F2N3O2. The second-order valence-corrected chi connectivity index (χ2v) is 6.20. The summed E-state index contributed by atoms with van der Waals surface area (Å²) in [5.41, 5.74) is 0.0489. The number of carbonyl (C=O) groups excluding carboxylic acids is 1. The first-order valence-electron chi connectivity index (χ1n) is 7.23. The van der Waals surface area contributed by atoms with E-state index in [0.29, 0.717) is 26.2 Å². The van der Waals surface area contributed by atoms with Crippen LogP contribution in [0.1, 0.15) is 32.9 Å². The van der Waals surface area contributed by atoms with Gasteiger partial charge in [0, 0.05) is 26.2 Å². The van der Waals surface area contributed by atoms with Crippen molar-refractivity contribution in [2.45, 2.75) is 32.8 Å². The van der Waals surface area contributed by atoms with E-state index in [2.05, 4.69) is 4.98 Å². The Morgan fingerprint density at radius 2 is 1.86 bits per heavy atom. The maximum Gasteiger partial charge on any atom is 0.410 e. The average molecular weight is 313 g/mol. The van der Waals surface area contributed by atoms with Crippen LogP contribution in [0.4, 0.5) is 19.3 Å². The quantitative estimate of drug-likeness (QED) is 0.842. The van der Waals surface area contributed by atoms with Crippen LogP contribution < -0.4 is 4.90 Å². The van der Waals surface area contributed by atoms with Gasteiger partial charge in [-0.1, -0.05) is 0 Å². The smallest absolute Gasteiger partial charge is 0.410 e. The molecule has 22 heavy (non-hydrogen) atoms.